The quantitative estimate of drug-likeness (QED) is 0.825. The minimum Gasteiger partial charge on any atom is -0.493 e. The van der Waals surface area contributed by atoms with Crippen LogP contribution in [0.15, 0.2) is 48.5 Å². The first-order valence-electron chi connectivity index (χ1n) is 8.01. The molecule has 0 radical (unpaired) electrons. The Kier molecular flexibility index (Phi) is 4.76. The molecule has 1 fully saturated rings. The fourth-order valence-electron chi connectivity index (χ4n) is 2.55. The Hall–Kier alpha value is -1.84. The summed E-state index contributed by atoms with van der Waals surface area (Å²) in [6, 6.07) is 16.6. The molecule has 3 rings (SSSR count). The molecule has 4 N–H and O–H groups in total. The summed E-state index contributed by atoms with van der Waals surface area (Å²) in [7, 11) is 0. The van der Waals surface area contributed by atoms with Crippen molar-refractivity contribution in [3.05, 3.63) is 65.2 Å². The molecule has 1 unspecified atom stereocenters. The Labute approximate surface area is 132 Å². The van der Waals surface area contributed by atoms with Crippen molar-refractivity contribution in [2.45, 2.75) is 25.3 Å². The minimum atomic E-state index is -0.119. The van der Waals surface area contributed by atoms with Crippen LogP contribution in [0, 0.1) is 5.92 Å². The second-order valence-electron chi connectivity index (χ2n) is 6.13. The molecule has 2 aromatic carbocycles. The topological polar surface area (TPSA) is 61.3 Å². The molecule has 0 aromatic heterocycles. The molecule has 0 heterocycles. The van der Waals surface area contributed by atoms with Gasteiger partial charge in [0.2, 0.25) is 0 Å². The lowest BCUT2D eigenvalue weighted by atomic mass is 9.99. The van der Waals surface area contributed by atoms with E-state index in [2.05, 4.69) is 30.3 Å². The number of nitrogens with two attached hydrogens (primary N) is 2. The monoisotopic (exact) mass is 296 g/mol. The van der Waals surface area contributed by atoms with Crippen LogP contribution in [0.2, 0.25) is 0 Å². The van der Waals surface area contributed by atoms with Crippen LogP contribution in [-0.2, 0) is 6.42 Å². The molecule has 0 amide bonds. The molecule has 1 aliphatic rings. The van der Waals surface area contributed by atoms with Gasteiger partial charge < -0.3 is 16.2 Å². The molecule has 1 saturated carbocycles. The number of ether oxygens (including phenoxy) is 1. The smallest absolute Gasteiger partial charge is 0.122 e. The van der Waals surface area contributed by atoms with Crippen molar-refractivity contribution in [3.8, 4) is 5.75 Å². The van der Waals surface area contributed by atoms with Gasteiger partial charge in [-0.05, 0) is 41.5 Å². The van der Waals surface area contributed by atoms with Crippen molar-refractivity contribution in [1.29, 1.82) is 0 Å². The van der Waals surface area contributed by atoms with Crippen LogP contribution < -0.4 is 16.2 Å². The highest BCUT2D eigenvalue weighted by Crippen LogP contribution is 2.31. The average molecular weight is 296 g/mol. The summed E-state index contributed by atoms with van der Waals surface area (Å²) >= 11 is 0. The first kappa shape index (κ1) is 15.1. The summed E-state index contributed by atoms with van der Waals surface area (Å²) in [5, 5.41) is 0. The number of rotatable bonds is 7. The Morgan fingerprint density at radius 2 is 1.86 bits per heavy atom. The average Bonchev–Trinajstić information content (AvgIpc) is 3.38. The summed E-state index contributed by atoms with van der Waals surface area (Å²) < 4.78 is 6.03. The van der Waals surface area contributed by atoms with E-state index in [0.29, 0.717) is 6.54 Å². The lowest BCUT2D eigenvalue weighted by molar-refractivity contribution is 0.297. The lowest BCUT2D eigenvalue weighted by Crippen LogP contribution is -2.21. The molecule has 2 aromatic rings. The molecule has 3 heteroatoms. The molecular formula is C19H24N2O. The van der Waals surface area contributed by atoms with Gasteiger partial charge in [-0.25, -0.2) is 0 Å². The SMILES string of the molecule is NCC(N)c1ccc(OCC2CC2)c(Cc2ccccc2)c1. The van der Waals surface area contributed by atoms with E-state index >= 15 is 0 Å². The highest BCUT2D eigenvalue weighted by molar-refractivity contribution is 5.41. The Bertz CT molecular complexity index is 608. The van der Waals surface area contributed by atoms with Gasteiger partial charge in [-0.2, -0.15) is 0 Å². The minimum absolute atomic E-state index is 0.119. The molecule has 0 saturated heterocycles. The van der Waals surface area contributed by atoms with E-state index in [1.54, 1.807) is 0 Å². The van der Waals surface area contributed by atoms with E-state index in [1.165, 1.54) is 24.0 Å². The van der Waals surface area contributed by atoms with Gasteiger partial charge in [-0.15, -0.1) is 0 Å². The zero-order valence-corrected chi connectivity index (χ0v) is 12.9. The van der Waals surface area contributed by atoms with Crippen molar-refractivity contribution in [1.82, 2.24) is 0 Å². The predicted octanol–water partition coefficient (Wildman–Crippen LogP) is 3.02. The van der Waals surface area contributed by atoms with Gasteiger partial charge in [0.1, 0.15) is 5.75 Å². The molecule has 0 aliphatic heterocycles. The molecule has 0 bridgehead atoms. The first-order valence-corrected chi connectivity index (χ1v) is 8.01. The molecule has 116 valence electrons. The fourth-order valence-corrected chi connectivity index (χ4v) is 2.55. The van der Waals surface area contributed by atoms with Gasteiger partial charge in [0.15, 0.2) is 0 Å². The maximum Gasteiger partial charge on any atom is 0.122 e. The van der Waals surface area contributed by atoms with E-state index in [9.17, 15) is 0 Å². The molecule has 22 heavy (non-hydrogen) atoms. The molecule has 3 nitrogen and oxygen atoms in total. The number of hydrogen-bond donors (Lipinski definition) is 2. The van der Waals surface area contributed by atoms with E-state index in [4.69, 9.17) is 16.2 Å². The maximum atomic E-state index is 6.07. The van der Waals surface area contributed by atoms with E-state index in [1.807, 2.05) is 18.2 Å². The van der Waals surface area contributed by atoms with Crippen LogP contribution in [0.3, 0.4) is 0 Å². The Balaban J connectivity index is 1.83. The van der Waals surface area contributed by atoms with Crippen molar-refractivity contribution < 1.29 is 4.74 Å². The zero-order valence-electron chi connectivity index (χ0n) is 12.9. The summed E-state index contributed by atoms with van der Waals surface area (Å²) in [6.07, 6.45) is 3.44. The van der Waals surface area contributed by atoms with Crippen LogP contribution >= 0.6 is 0 Å². The highest BCUT2D eigenvalue weighted by atomic mass is 16.5. The van der Waals surface area contributed by atoms with Gasteiger partial charge in [-0.1, -0.05) is 42.5 Å². The Morgan fingerprint density at radius 1 is 1.09 bits per heavy atom. The third kappa shape index (κ3) is 3.87. The number of hydrogen-bond acceptors (Lipinski definition) is 3. The van der Waals surface area contributed by atoms with Crippen molar-refractivity contribution in [3.63, 3.8) is 0 Å². The van der Waals surface area contributed by atoms with Gasteiger partial charge in [0.05, 0.1) is 6.61 Å². The number of benzene rings is 2. The molecular weight excluding hydrogens is 272 g/mol. The summed E-state index contributed by atoms with van der Waals surface area (Å²) in [6.45, 7) is 1.27. The second-order valence-corrected chi connectivity index (χ2v) is 6.13. The molecule has 1 aliphatic carbocycles. The van der Waals surface area contributed by atoms with Gasteiger partial charge in [0, 0.05) is 19.0 Å². The second kappa shape index (κ2) is 6.95. The van der Waals surface area contributed by atoms with Gasteiger partial charge in [-0.3, -0.25) is 0 Å². The van der Waals surface area contributed by atoms with Gasteiger partial charge >= 0.3 is 0 Å². The fraction of sp³-hybridized carbons (Fsp3) is 0.368. The largest absolute Gasteiger partial charge is 0.493 e. The Morgan fingerprint density at radius 3 is 2.55 bits per heavy atom. The van der Waals surface area contributed by atoms with Crippen LogP contribution in [0.5, 0.6) is 5.75 Å². The third-order valence-corrected chi connectivity index (χ3v) is 4.18. The highest BCUT2D eigenvalue weighted by Gasteiger charge is 2.22. The van der Waals surface area contributed by atoms with Crippen molar-refractivity contribution in [2.24, 2.45) is 17.4 Å². The van der Waals surface area contributed by atoms with Crippen molar-refractivity contribution >= 4 is 0 Å². The maximum absolute atomic E-state index is 6.07. The van der Waals surface area contributed by atoms with E-state index in [0.717, 1.165) is 30.3 Å². The summed E-state index contributed by atoms with van der Waals surface area (Å²) in [4.78, 5) is 0. The predicted molar refractivity (Wildman–Crippen MR) is 89.9 cm³/mol. The van der Waals surface area contributed by atoms with E-state index in [-0.39, 0.29) is 6.04 Å². The lowest BCUT2D eigenvalue weighted by Gasteiger charge is -2.16. The third-order valence-electron chi connectivity index (χ3n) is 4.18. The molecule has 0 spiro atoms. The van der Waals surface area contributed by atoms with Crippen LogP contribution in [-0.4, -0.2) is 13.2 Å². The van der Waals surface area contributed by atoms with Crippen LogP contribution in [0.1, 0.15) is 35.6 Å². The molecule has 1 atom stereocenters. The summed E-state index contributed by atoms with van der Waals surface area (Å²) in [5.41, 5.74) is 15.3. The standard InChI is InChI=1S/C19H24N2O/c20-12-18(21)16-8-9-19(22-13-15-6-7-15)17(11-16)10-14-4-2-1-3-5-14/h1-5,8-9,11,15,18H,6-7,10,12-13,20-21H2. The van der Waals surface area contributed by atoms with Crippen molar-refractivity contribution in [2.75, 3.05) is 13.2 Å². The zero-order chi connectivity index (χ0) is 15.4. The van der Waals surface area contributed by atoms with Crippen LogP contribution in [0.4, 0.5) is 0 Å². The van der Waals surface area contributed by atoms with E-state index < -0.39 is 0 Å². The van der Waals surface area contributed by atoms with Crippen LogP contribution in [0.25, 0.3) is 0 Å². The summed E-state index contributed by atoms with van der Waals surface area (Å²) in [5.74, 6) is 1.72. The normalized spacial score (nSPS) is 15.5. The first-order chi connectivity index (χ1) is 10.8. The van der Waals surface area contributed by atoms with Gasteiger partial charge in [0.25, 0.3) is 0 Å².